The number of hydrogen-bond donors (Lipinski definition) is 2. The molecule has 5 heteroatoms. The van der Waals surface area contributed by atoms with Gasteiger partial charge in [-0.1, -0.05) is 6.42 Å². The van der Waals surface area contributed by atoms with Crippen LogP contribution in [0, 0.1) is 0 Å². The minimum Gasteiger partial charge on any atom is -0.343 e. The Hall–Kier alpha value is -1.10. The molecule has 3 N–H and O–H groups in total. The summed E-state index contributed by atoms with van der Waals surface area (Å²) in [6, 6.07) is 0. The van der Waals surface area contributed by atoms with Gasteiger partial charge in [-0.3, -0.25) is 15.0 Å². The molecular formula is C11H21N3O2. The number of nitrogens with one attached hydrogen (secondary N) is 1. The summed E-state index contributed by atoms with van der Waals surface area (Å²) < 4.78 is 0. The van der Waals surface area contributed by atoms with Crippen molar-refractivity contribution in [3.63, 3.8) is 0 Å². The first-order valence-corrected chi connectivity index (χ1v) is 6.01. The van der Waals surface area contributed by atoms with E-state index < -0.39 is 0 Å². The molecule has 0 unspecified atom stereocenters. The molecule has 0 aliphatic carbocycles. The van der Waals surface area contributed by atoms with E-state index in [2.05, 4.69) is 5.43 Å². The van der Waals surface area contributed by atoms with E-state index in [1.807, 2.05) is 4.90 Å². The molecule has 5 nitrogen and oxygen atoms in total. The monoisotopic (exact) mass is 227 g/mol. The van der Waals surface area contributed by atoms with Crippen LogP contribution in [0.15, 0.2) is 0 Å². The van der Waals surface area contributed by atoms with Gasteiger partial charge >= 0.3 is 0 Å². The van der Waals surface area contributed by atoms with Gasteiger partial charge in [0.25, 0.3) is 0 Å². The fraction of sp³-hybridized carbons (Fsp3) is 0.818. The molecule has 0 aromatic rings. The lowest BCUT2D eigenvalue weighted by Crippen LogP contribution is -2.32. The number of rotatable bonds is 5. The average molecular weight is 227 g/mol. The van der Waals surface area contributed by atoms with Crippen LogP contribution in [0.2, 0.25) is 0 Å². The second kappa shape index (κ2) is 7.22. The summed E-state index contributed by atoms with van der Waals surface area (Å²) in [4.78, 5) is 24.4. The molecule has 1 aliphatic rings. The summed E-state index contributed by atoms with van der Waals surface area (Å²) in [7, 11) is 0. The van der Waals surface area contributed by atoms with Gasteiger partial charge in [0.15, 0.2) is 0 Å². The van der Waals surface area contributed by atoms with Gasteiger partial charge in [-0.25, -0.2) is 5.84 Å². The second-order valence-corrected chi connectivity index (χ2v) is 4.22. The molecular weight excluding hydrogens is 206 g/mol. The molecule has 16 heavy (non-hydrogen) atoms. The summed E-state index contributed by atoms with van der Waals surface area (Å²) in [5.41, 5.74) is 2.10. The predicted octanol–water partition coefficient (Wildman–Crippen LogP) is 0.549. The number of unbranched alkanes of at least 4 members (excludes halogenated alkanes) is 1. The summed E-state index contributed by atoms with van der Waals surface area (Å²) in [6.45, 7) is 1.65. The van der Waals surface area contributed by atoms with Crippen molar-refractivity contribution >= 4 is 11.8 Å². The Kier molecular flexibility index (Phi) is 5.85. The molecule has 2 amide bonds. The lowest BCUT2D eigenvalue weighted by Gasteiger charge is -2.20. The largest absolute Gasteiger partial charge is 0.343 e. The smallest absolute Gasteiger partial charge is 0.233 e. The number of amides is 2. The van der Waals surface area contributed by atoms with Crippen LogP contribution < -0.4 is 11.3 Å². The van der Waals surface area contributed by atoms with Crippen LogP contribution >= 0.6 is 0 Å². The highest BCUT2D eigenvalue weighted by Crippen LogP contribution is 2.12. The van der Waals surface area contributed by atoms with Crippen molar-refractivity contribution in [1.29, 1.82) is 0 Å². The van der Waals surface area contributed by atoms with Crippen LogP contribution in [0.25, 0.3) is 0 Å². The maximum absolute atomic E-state index is 11.6. The van der Waals surface area contributed by atoms with E-state index >= 15 is 0 Å². The van der Waals surface area contributed by atoms with Crippen molar-refractivity contribution in [1.82, 2.24) is 10.3 Å². The third-order valence-corrected chi connectivity index (χ3v) is 2.91. The Morgan fingerprint density at radius 2 is 2.12 bits per heavy atom. The number of nitrogens with zero attached hydrogens (tertiary/aromatic N) is 1. The van der Waals surface area contributed by atoms with Crippen LogP contribution in [0.3, 0.4) is 0 Å². The number of carbonyl (C=O) groups excluding carboxylic acids is 2. The average Bonchev–Trinajstić information content (AvgIpc) is 2.49. The molecule has 0 saturated carbocycles. The van der Waals surface area contributed by atoms with Gasteiger partial charge in [0, 0.05) is 25.9 Å². The van der Waals surface area contributed by atoms with E-state index in [1.165, 1.54) is 0 Å². The van der Waals surface area contributed by atoms with Crippen LogP contribution in [-0.4, -0.2) is 29.8 Å². The highest BCUT2D eigenvalue weighted by molar-refractivity contribution is 5.76. The van der Waals surface area contributed by atoms with Crippen LogP contribution in [-0.2, 0) is 9.59 Å². The van der Waals surface area contributed by atoms with Gasteiger partial charge in [-0.05, 0) is 25.7 Å². The number of hydrogen-bond acceptors (Lipinski definition) is 3. The summed E-state index contributed by atoms with van der Waals surface area (Å²) >= 11 is 0. The SMILES string of the molecule is NNC(=O)CCCCN1CCCCCC1=O. The zero-order chi connectivity index (χ0) is 11.8. The molecule has 0 atom stereocenters. The molecule has 0 spiro atoms. The van der Waals surface area contributed by atoms with Crippen LogP contribution in [0.1, 0.15) is 44.9 Å². The lowest BCUT2D eigenvalue weighted by molar-refractivity contribution is -0.130. The van der Waals surface area contributed by atoms with Crippen molar-refractivity contribution in [3.05, 3.63) is 0 Å². The molecule has 0 aromatic carbocycles. The lowest BCUT2D eigenvalue weighted by atomic mass is 10.2. The Bertz CT molecular complexity index is 243. The number of hydrazine groups is 1. The fourth-order valence-corrected chi connectivity index (χ4v) is 1.94. The van der Waals surface area contributed by atoms with Gasteiger partial charge < -0.3 is 4.90 Å². The summed E-state index contributed by atoms with van der Waals surface area (Å²) in [6.07, 6.45) is 6.06. The van der Waals surface area contributed by atoms with E-state index in [-0.39, 0.29) is 11.8 Å². The molecule has 1 aliphatic heterocycles. The minimum atomic E-state index is -0.137. The van der Waals surface area contributed by atoms with E-state index in [0.29, 0.717) is 12.8 Å². The normalized spacial score (nSPS) is 17.1. The molecule has 1 fully saturated rings. The number of nitrogens with two attached hydrogens (primary N) is 1. The summed E-state index contributed by atoms with van der Waals surface area (Å²) in [5, 5.41) is 0. The first kappa shape index (κ1) is 13.0. The third-order valence-electron chi connectivity index (χ3n) is 2.91. The van der Waals surface area contributed by atoms with Crippen molar-refractivity contribution in [3.8, 4) is 0 Å². The van der Waals surface area contributed by atoms with Gasteiger partial charge in [0.05, 0.1) is 0 Å². The standard InChI is InChI=1S/C11H21N3O2/c12-13-10(15)6-3-5-9-14-8-4-1-2-7-11(14)16/h1-9,12H2,(H,13,15). The maximum Gasteiger partial charge on any atom is 0.233 e. The molecule has 1 saturated heterocycles. The Balaban J connectivity index is 2.15. The van der Waals surface area contributed by atoms with Gasteiger partial charge in [-0.15, -0.1) is 0 Å². The molecule has 0 radical (unpaired) electrons. The van der Waals surface area contributed by atoms with Crippen LogP contribution in [0.5, 0.6) is 0 Å². The van der Waals surface area contributed by atoms with Gasteiger partial charge in [0.1, 0.15) is 0 Å². The fourth-order valence-electron chi connectivity index (χ4n) is 1.94. The molecule has 0 bridgehead atoms. The minimum absolute atomic E-state index is 0.137. The number of likely N-dealkylation sites (tertiary alicyclic amines) is 1. The predicted molar refractivity (Wildman–Crippen MR) is 61.2 cm³/mol. The molecule has 1 heterocycles. The topological polar surface area (TPSA) is 75.4 Å². The van der Waals surface area contributed by atoms with E-state index in [9.17, 15) is 9.59 Å². The van der Waals surface area contributed by atoms with E-state index in [0.717, 1.165) is 45.2 Å². The highest BCUT2D eigenvalue weighted by atomic mass is 16.2. The Morgan fingerprint density at radius 3 is 2.88 bits per heavy atom. The molecule has 1 rings (SSSR count). The first-order chi connectivity index (χ1) is 7.74. The Morgan fingerprint density at radius 1 is 1.31 bits per heavy atom. The Labute approximate surface area is 96.3 Å². The second-order valence-electron chi connectivity index (χ2n) is 4.22. The highest BCUT2D eigenvalue weighted by Gasteiger charge is 2.15. The van der Waals surface area contributed by atoms with E-state index in [1.54, 1.807) is 0 Å². The quantitative estimate of drug-likeness (QED) is 0.312. The number of carbonyl (C=O) groups is 2. The zero-order valence-electron chi connectivity index (χ0n) is 9.71. The molecule has 0 aromatic heterocycles. The molecule has 92 valence electrons. The van der Waals surface area contributed by atoms with Crippen molar-refractivity contribution in [2.75, 3.05) is 13.1 Å². The van der Waals surface area contributed by atoms with Crippen LogP contribution in [0.4, 0.5) is 0 Å². The zero-order valence-corrected chi connectivity index (χ0v) is 9.71. The van der Waals surface area contributed by atoms with Crippen molar-refractivity contribution in [2.45, 2.75) is 44.9 Å². The van der Waals surface area contributed by atoms with Crippen molar-refractivity contribution in [2.24, 2.45) is 5.84 Å². The van der Waals surface area contributed by atoms with Gasteiger partial charge in [-0.2, -0.15) is 0 Å². The summed E-state index contributed by atoms with van der Waals surface area (Å²) in [5.74, 6) is 5.10. The van der Waals surface area contributed by atoms with Crippen molar-refractivity contribution < 1.29 is 9.59 Å². The maximum atomic E-state index is 11.6. The van der Waals surface area contributed by atoms with Gasteiger partial charge in [0.2, 0.25) is 11.8 Å². The first-order valence-electron chi connectivity index (χ1n) is 6.01. The third kappa shape index (κ3) is 4.61. The van der Waals surface area contributed by atoms with E-state index in [4.69, 9.17) is 5.84 Å².